The number of aryl methyl sites for hydroxylation is 1. The highest BCUT2D eigenvalue weighted by molar-refractivity contribution is 7.92. The molecule has 124 valence electrons. The summed E-state index contributed by atoms with van der Waals surface area (Å²) in [5.41, 5.74) is 0.624. The Labute approximate surface area is 131 Å². The lowest BCUT2D eigenvalue weighted by molar-refractivity contribution is -0.121. The Morgan fingerprint density at radius 2 is 2.05 bits per heavy atom. The Bertz CT molecular complexity index is 615. The van der Waals surface area contributed by atoms with Crippen molar-refractivity contribution in [2.75, 3.05) is 0 Å². The predicted octanol–water partition coefficient (Wildman–Crippen LogP) is 1.98. The molecule has 1 aromatic heterocycles. The maximum atomic E-state index is 12.3. The van der Waals surface area contributed by atoms with E-state index in [1.54, 1.807) is 13.0 Å². The number of aromatic nitrogens is 1. The molecule has 1 heterocycles. The van der Waals surface area contributed by atoms with Gasteiger partial charge in [-0.05, 0) is 45.4 Å². The molecule has 0 aliphatic heterocycles. The first-order valence-electron chi connectivity index (χ1n) is 7.72. The van der Waals surface area contributed by atoms with Crippen LogP contribution in [-0.4, -0.2) is 30.8 Å². The van der Waals surface area contributed by atoms with Crippen molar-refractivity contribution in [1.82, 2.24) is 10.5 Å². The van der Waals surface area contributed by atoms with Gasteiger partial charge in [-0.3, -0.25) is 4.79 Å². The van der Waals surface area contributed by atoms with Crippen molar-refractivity contribution in [1.29, 1.82) is 0 Å². The van der Waals surface area contributed by atoms with E-state index >= 15 is 0 Å². The van der Waals surface area contributed by atoms with Crippen LogP contribution >= 0.6 is 0 Å². The molecule has 1 aliphatic rings. The monoisotopic (exact) mass is 328 g/mol. The van der Waals surface area contributed by atoms with Gasteiger partial charge in [-0.1, -0.05) is 12.1 Å². The third-order valence-electron chi connectivity index (χ3n) is 4.29. The van der Waals surface area contributed by atoms with Gasteiger partial charge in [-0.2, -0.15) is 0 Å². The largest absolute Gasteiger partial charge is 0.360 e. The number of amides is 1. The molecule has 1 atom stereocenters. The van der Waals surface area contributed by atoms with Gasteiger partial charge in [0.15, 0.2) is 15.6 Å². The Balaban J connectivity index is 1.94. The Hall–Kier alpha value is -1.37. The fourth-order valence-electron chi connectivity index (χ4n) is 2.69. The van der Waals surface area contributed by atoms with Crippen LogP contribution in [0.5, 0.6) is 0 Å². The molecule has 0 spiro atoms. The Morgan fingerprint density at radius 3 is 2.59 bits per heavy atom. The maximum absolute atomic E-state index is 12.3. The summed E-state index contributed by atoms with van der Waals surface area (Å²) in [6.07, 6.45) is 3.98. The number of nitrogens with zero attached hydrogens (tertiary/aromatic N) is 1. The van der Waals surface area contributed by atoms with Crippen LogP contribution < -0.4 is 5.32 Å². The summed E-state index contributed by atoms with van der Waals surface area (Å²) in [6, 6.07) is 1.67. The van der Waals surface area contributed by atoms with Gasteiger partial charge in [0.1, 0.15) is 11.0 Å². The number of hydrogen-bond acceptors (Lipinski definition) is 5. The van der Waals surface area contributed by atoms with Gasteiger partial charge in [0.05, 0.1) is 5.69 Å². The lowest BCUT2D eigenvalue weighted by atomic mass is 9.87. The van der Waals surface area contributed by atoms with Crippen molar-refractivity contribution in [2.24, 2.45) is 5.92 Å². The van der Waals surface area contributed by atoms with Crippen molar-refractivity contribution in [2.45, 2.75) is 63.5 Å². The first kappa shape index (κ1) is 17.0. The molecule has 1 amide bonds. The molecule has 7 heteroatoms. The van der Waals surface area contributed by atoms with E-state index in [1.807, 2.05) is 0 Å². The smallest absolute Gasteiger partial charge is 0.238 e. The zero-order valence-corrected chi connectivity index (χ0v) is 14.1. The molecule has 0 saturated heterocycles. The van der Waals surface area contributed by atoms with E-state index in [1.165, 1.54) is 6.92 Å². The standard InChI is InChI=1S/C15H24N2O4S/c1-10-4-6-13(7-5-10)16-15(18)12(3)22(19,20)9-14-8-11(2)17-21-14/h8,10,12-13H,4-7,9H2,1-3H3,(H,16,18)/t10?,12-,13?/m1/s1. The molecule has 1 saturated carbocycles. The van der Waals surface area contributed by atoms with Crippen LogP contribution in [0.3, 0.4) is 0 Å². The topological polar surface area (TPSA) is 89.3 Å². The second kappa shape index (κ2) is 6.81. The zero-order chi connectivity index (χ0) is 16.3. The molecule has 1 aromatic rings. The van der Waals surface area contributed by atoms with Crippen molar-refractivity contribution < 1.29 is 17.7 Å². The van der Waals surface area contributed by atoms with Gasteiger partial charge < -0.3 is 9.84 Å². The summed E-state index contributed by atoms with van der Waals surface area (Å²) >= 11 is 0. The fraction of sp³-hybridized carbons (Fsp3) is 0.733. The van der Waals surface area contributed by atoms with Crippen LogP contribution in [0, 0.1) is 12.8 Å². The molecule has 0 radical (unpaired) electrons. The van der Waals surface area contributed by atoms with E-state index in [2.05, 4.69) is 17.4 Å². The van der Waals surface area contributed by atoms with Gasteiger partial charge in [-0.15, -0.1) is 0 Å². The highest BCUT2D eigenvalue weighted by Crippen LogP contribution is 2.23. The number of carbonyl (C=O) groups excluding carboxylic acids is 1. The fourth-order valence-corrected chi connectivity index (χ4v) is 3.87. The summed E-state index contributed by atoms with van der Waals surface area (Å²) in [5, 5.41) is 5.45. The quantitative estimate of drug-likeness (QED) is 0.892. The van der Waals surface area contributed by atoms with Gasteiger partial charge in [0, 0.05) is 12.1 Å². The Morgan fingerprint density at radius 1 is 1.41 bits per heavy atom. The van der Waals surface area contributed by atoms with E-state index in [0.29, 0.717) is 11.6 Å². The van der Waals surface area contributed by atoms with Gasteiger partial charge in [-0.25, -0.2) is 8.42 Å². The summed E-state index contributed by atoms with van der Waals surface area (Å²) in [4.78, 5) is 12.2. The van der Waals surface area contributed by atoms with Crippen molar-refractivity contribution in [3.63, 3.8) is 0 Å². The highest BCUT2D eigenvalue weighted by Gasteiger charge is 2.31. The van der Waals surface area contributed by atoms with E-state index in [-0.39, 0.29) is 17.6 Å². The van der Waals surface area contributed by atoms with Gasteiger partial charge in [0.25, 0.3) is 0 Å². The van der Waals surface area contributed by atoms with Crippen LogP contribution in [0.25, 0.3) is 0 Å². The number of carbonyl (C=O) groups is 1. The maximum Gasteiger partial charge on any atom is 0.238 e. The van der Waals surface area contributed by atoms with E-state index in [0.717, 1.165) is 25.7 Å². The van der Waals surface area contributed by atoms with Gasteiger partial charge >= 0.3 is 0 Å². The van der Waals surface area contributed by atoms with Gasteiger partial charge in [0.2, 0.25) is 5.91 Å². The minimum absolute atomic E-state index is 0.0915. The lowest BCUT2D eigenvalue weighted by Gasteiger charge is -2.27. The molecule has 0 aromatic carbocycles. The third-order valence-corrected chi connectivity index (χ3v) is 6.27. The third kappa shape index (κ3) is 4.32. The Kier molecular flexibility index (Phi) is 5.26. The number of nitrogens with one attached hydrogen (secondary N) is 1. The zero-order valence-electron chi connectivity index (χ0n) is 13.3. The molecule has 1 aliphatic carbocycles. The molecule has 6 nitrogen and oxygen atoms in total. The minimum Gasteiger partial charge on any atom is -0.360 e. The van der Waals surface area contributed by atoms with E-state index in [9.17, 15) is 13.2 Å². The first-order valence-corrected chi connectivity index (χ1v) is 9.43. The summed E-state index contributed by atoms with van der Waals surface area (Å²) < 4.78 is 29.5. The van der Waals surface area contributed by atoms with Crippen molar-refractivity contribution in [3.8, 4) is 0 Å². The summed E-state index contributed by atoms with van der Waals surface area (Å²) in [5.74, 6) is 0.229. The number of rotatable bonds is 5. The van der Waals surface area contributed by atoms with Crippen molar-refractivity contribution in [3.05, 3.63) is 17.5 Å². The average Bonchev–Trinajstić information content (AvgIpc) is 2.85. The molecular formula is C15H24N2O4S. The SMILES string of the molecule is Cc1cc(CS(=O)(=O)[C@H](C)C(=O)NC2CCC(C)CC2)on1. The summed E-state index contributed by atoms with van der Waals surface area (Å²) in [7, 11) is -3.61. The predicted molar refractivity (Wildman–Crippen MR) is 82.9 cm³/mol. The minimum atomic E-state index is -3.61. The second-order valence-corrected chi connectivity index (χ2v) is 8.67. The average molecular weight is 328 g/mol. The van der Waals surface area contributed by atoms with E-state index in [4.69, 9.17) is 4.52 Å². The molecule has 0 bridgehead atoms. The molecule has 1 N–H and O–H groups in total. The number of hydrogen-bond donors (Lipinski definition) is 1. The normalized spacial score (nSPS) is 24.0. The molecule has 2 rings (SSSR count). The second-order valence-electron chi connectivity index (χ2n) is 6.35. The molecule has 1 fully saturated rings. The molecule has 22 heavy (non-hydrogen) atoms. The van der Waals surface area contributed by atoms with Crippen LogP contribution in [0.2, 0.25) is 0 Å². The van der Waals surface area contributed by atoms with Crippen molar-refractivity contribution >= 4 is 15.7 Å². The summed E-state index contributed by atoms with van der Waals surface area (Å²) in [6.45, 7) is 5.35. The van der Waals surface area contributed by atoms with Crippen LogP contribution in [0.1, 0.15) is 51.0 Å². The number of sulfone groups is 1. The molecule has 0 unspecified atom stereocenters. The first-order chi connectivity index (χ1) is 10.3. The van der Waals surface area contributed by atoms with Crippen LogP contribution in [0.4, 0.5) is 0 Å². The lowest BCUT2D eigenvalue weighted by Crippen LogP contribution is -2.44. The molecular weight excluding hydrogens is 304 g/mol. The van der Waals surface area contributed by atoms with Crippen LogP contribution in [-0.2, 0) is 20.4 Å². The highest BCUT2D eigenvalue weighted by atomic mass is 32.2. The van der Waals surface area contributed by atoms with Crippen LogP contribution in [0.15, 0.2) is 10.6 Å². The van der Waals surface area contributed by atoms with E-state index < -0.39 is 21.0 Å².